The molecule has 0 aromatic heterocycles. The molecule has 0 amide bonds. The fourth-order valence-electron chi connectivity index (χ4n) is 1.05. The Bertz CT molecular complexity index is 437. The second-order valence-electron chi connectivity index (χ2n) is 2.65. The average Bonchev–Trinajstić information content (AvgIpc) is 2.18. The minimum absolute atomic E-state index is 0.0221. The summed E-state index contributed by atoms with van der Waals surface area (Å²) in [6.45, 7) is 1.90. The first-order valence-electron chi connectivity index (χ1n) is 4.20. The van der Waals surface area contributed by atoms with Gasteiger partial charge in [-0.2, -0.15) is 5.26 Å². The molecule has 0 bridgehead atoms. The lowest BCUT2D eigenvalue weighted by atomic mass is 10.1. The molecule has 0 saturated carbocycles. The largest absolute Gasteiger partial charge is 0.506 e. The monoisotopic (exact) mass is 317 g/mol. The maximum atomic E-state index is 11.4. The Morgan fingerprint density at radius 3 is 2.87 bits per heavy atom. The highest BCUT2D eigenvalue weighted by Crippen LogP contribution is 2.26. The Morgan fingerprint density at radius 1 is 1.67 bits per heavy atom. The first-order valence-corrected chi connectivity index (χ1v) is 5.28. The highest BCUT2D eigenvalue weighted by molar-refractivity contribution is 14.1. The third kappa shape index (κ3) is 2.39. The molecule has 4 nitrogen and oxygen atoms in total. The van der Waals surface area contributed by atoms with Crippen LogP contribution in [0.2, 0.25) is 0 Å². The van der Waals surface area contributed by atoms with E-state index in [1.165, 1.54) is 6.07 Å². The van der Waals surface area contributed by atoms with Crippen molar-refractivity contribution >= 4 is 28.6 Å². The van der Waals surface area contributed by atoms with E-state index in [1.54, 1.807) is 13.0 Å². The summed E-state index contributed by atoms with van der Waals surface area (Å²) >= 11 is 1.91. The van der Waals surface area contributed by atoms with E-state index >= 15 is 0 Å². The van der Waals surface area contributed by atoms with Crippen LogP contribution in [0.1, 0.15) is 22.8 Å². The zero-order valence-corrected chi connectivity index (χ0v) is 10.1. The van der Waals surface area contributed by atoms with Crippen LogP contribution in [-0.2, 0) is 4.74 Å². The van der Waals surface area contributed by atoms with Gasteiger partial charge in [0.1, 0.15) is 22.9 Å². The van der Waals surface area contributed by atoms with E-state index in [0.717, 1.165) is 0 Å². The van der Waals surface area contributed by atoms with Gasteiger partial charge in [0.25, 0.3) is 0 Å². The predicted octanol–water partition coefficient (Wildman–Crippen LogP) is 2.05. The second kappa shape index (κ2) is 4.98. The van der Waals surface area contributed by atoms with E-state index < -0.39 is 5.97 Å². The SMILES string of the molecule is CCOC(=O)c1ccc(I)c(C#N)c1O. The molecule has 0 aliphatic carbocycles. The van der Waals surface area contributed by atoms with Crippen LogP contribution >= 0.6 is 22.6 Å². The number of ether oxygens (including phenoxy) is 1. The van der Waals surface area contributed by atoms with Crippen molar-refractivity contribution in [2.45, 2.75) is 6.92 Å². The van der Waals surface area contributed by atoms with Crippen LogP contribution in [0.15, 0.2) is 12.1 Å². The van der Waals surface area contributed by atoms with E-state index in [2.05, 4.69) is 0 Å². The minimum Gasteiger partial charge on any atom is -0.506 e. The standard InChI is InChI=1S/C10H8INO3/c1-2-15-10(14)6-3-4-8(11)7(5-12)9(6)13/h3-4,13H,2H2,1H3. The number of esters is 1. The topological polar surface area (TPSA) is 70.3 Å². The second-order valence-corrected chi connectivity index (χ2v) is 3.81. The molecule has 1 aromatic rings. The van der Waals surface area contributed by atoms with Crippen molar-refractivity contribution in [1.29, 1.82) is 5.26 Å². The number of carbonyl (C=O) groups excluding carboxylic acids is 1. The summed E-state index contributed by atoms with van der Waals surface area (Å²) in [6, 6.07) is 4.86. The third-order valence-electron chi connectivity index (χ3n) is 1.73. The van der Waals surface area contributed by atoms with Crippen LogP contribution in [-0.4, -0.2) is 17.7 Å². The Morgan fingerprint density at radius 2 is 2.33 bits per heavy atom. The van der Waals surface area contributed by atoms with Crippen molar-refractivity contribution in [3.8, 4) is 11.8 Å². The van der Waals surface area contributed by atoms with Crippen molar-refractivity contribution in [1.82, 2.24) is 0 Å². The Balaban J connectivity index is 3.23. The molecule has 0 fully saturated rings. The molecule has 0 atom stereocenters. The fourth-order valence-corrected chi connectivity index (χ4v) is 1.60. The van der Waals surface area contributed by atoms with Gasteiger partial charge in [-0.05, 0) is 41.6 Å². The van der Waals surface area contributed by atoms with Gasteiger partial charge in [0.15, 0.2) is 0 Å². The van der Waals surface area contributed by atoms with Gasteiger partial charge < -0.3 is 9.84 Å². The molecule has 0 heterocycles. The Labute approximate surface area is 101 Å². The molecule has 0 unspecified atom stereocenters. The van der Waals surface area contributed by atoms with Crippen molar-refractivity contribution in [2.75, 3.05) is 6.61 Å². The lowest BCUT2D eigenvalue weighted by molar-refractivity contribution is 0.0523. The number of phenolic OH excluding ortho intramolecular Hbond substituents is 1. The molecule has 1 rings (SSSR count). The molecule has 0 saturated heterocycles. The van der Waals surface area contributed by atoms with E-state index in [9.17, 15) is 9.90 Å². The summed E-state index contributed by atoms with van der Waals surface area (Å²) in [6.07, 6.45) is 0. The summed E-state index contributed by atoms with van der Waals surface area (Å²) in [5.74, 6) is -0.939. The number of nitrogens with zero attached hydrogens (tertiary/aromatic N) is 1. The van der Waals surface area contributed by atoms with Crippen molar-refractivity contribution < 1.29 is 14.6 Å². The highest BCUT2D eigenvalue weighted by atomic mass is 127. The highest BCUT2D eigenvalue weighted by Gasteiger charge is 2.17. The molecule has 0 spiro atoms. The van der Waals surface area contributed by atoms with Gasteiger partial charge in [0.2, 0.25) is 0 Å². The number of aromatic hydroxyl groups is 1. The van der Waals surface area contributed by atoms with Crippen LogP contribution in [0.3, 0.4) is 0 Å². The summed E-state index contributed by atoms with van der Waals surface area (Å²) in [4.78, 5) is 11.4. The average molecular weight is 317 g/mol. The van der Waals surface area contributed by atoms with Gasteiger partial charge in [-0.25, -0.2) is 4.79 Å². The van der Waals surface area contributed by atoms with Crippen LogP contribution in [0.4, 0.5) is 0 Å². The van der Waals surface area contributed by atoms with E-state index in [4.69, 9.17) is 10.00 Å². The first kappa shape index (κ1) is 11.8. The van der Waals surface area contributed by atoms with Crippen LogP contribution in [0.5, 0.6) is 5.75 Å². The lowest BCUT2D eigenvalue weighted by Crippen LogP contribution is -2.06. The number of hydrogen-bond donors (Lipinski definition) is 1. The lowest BCUT2D eigenvalue weighted by Gasteiger charge is -2.06. The number of carbonyl (C=O) groups is 1. The van der Waals surface area contributed by atoms with Gasteiger partial charge >= 0.3 is 5.97 Å². The molecule has 78 valence electrons. The Hall–Kier alpha value is -1.29. The molecule has 0 aliphatic rings. The maximum absolute atomic E-state index is 11.4. The van der Waals surface area contributed by atoms with Crippen LogP contribution in [0, 0.1) is 14.9 Å². The number of hydrogen-bond acceptors (Lipinski definition) is 4. The molecule has 0 aliphatic heterocycles. The molecular weight excluding hydrogens is 309 g/mol. The maximum Gasteiger partial charge on any atom is 0.341 e. The summed E-state index contributed by atoms with van der Waals surface area (Å²) < 4.78 is 5.34. The summed E-state index contributed by atoms with van der Waals surface area (Å²) in [7, 11) is 0. The van der Waals surface area contributed by atoms with E-state index in [1.807, 2.05) is 28.7 Å². The summed E-state index contributed by atoms with van der Waals surface area (Å²) in [5.41, 5.74) is 0.120. The number of rotatable bonds is 2. The number of benzene rings is 1. The van der Waals surface area contributed by atoms with Crippen molar-refractivity contribution in [2.24, 2.45) is 0 Å². The van der Waals surface area contributed by atoms with Crippen molar-refractivity contribution in [3.05, 3.63) is 26.8 Å². The van der Waals surface area contributed by atoms with Gasteiger partial charge in [-0.1, -0.05) is 0 Å². The summed E-state index contributed by atoms with van der Waals surface area (Å²) in [5, 5.41) is 18.4. The van der Waals surface area contributed by atoms with Crippen LogP contribution < -0.4 is 0 Å². The molecule has 1 aromatic carbocycles. The first-order chi connectivity index (χ1) is 7.11. The number of phenols is 1. The normalized spacial score (nSPS) is 9.40. The molecule has 0 radical (unpaired) electrons. The van der Waals surface area contributed by atoms with E-state index in [-0.39, 0.29) is 23.5 Å². The van der Waals surface area contributed by atoms with Gasteiger partial charge in [0.05, 0.1) is 6.61 Å². The van der Waals surface area contributed by atoms with Gasteiger partial charge in [-0.3, -0.25) is 0 Å². The fraction of sp³-hybridized carbons (Fsp3) is 0.200. The minimum atomic E-state index is -0.622. The zero-order chi connectivity index (χ0) is 11.4. The quantitative estimate of drug-likeness (QED) is 0.669. The molecule has 15 heavy (non-hydrogen) atoms. The number of halogens is 1. The predicted molar refractivity (Wildman–Crippen MR) is 61.5 cm³/mol. The van der Waals surface area contributed by atoms with Crippen LogP contribution in [0.25, 0.3) is 0 Å². The molecule has 5 heteroatoms. The smallest absolute Gasteiger partial charge is 0.341 e. The third-order valence-corrected chi connectivity index (χ3v) is 2.63. The zero-order valence-electron chi connectivity index (χ0n) is 7.95. The van der Waals surface area contributed by atoms with Crippen molar-refractivity contribution in [3.63, 3.8) is 0 Å². The van der Waals surface area contributed by atoms with E-state index in [0.29, 0.717) is 3.57 Å². The number of nitriles is 1. The molecule has 1 N–H and O–H groups in total. The van der Waals surface area contributed by atoms with Gasteiger partial charge in [0, 0.05) is 3.57 Å². The Kier molecular flexibility index (Phi) is 3.91. The molecular formula is C10H8INO3. The van der Waals surface area contributed by atoms with Gasteiger partial charge in [-0.15, -0.1) is 0 Å².